The number of Topliss-reactive ketones (excluding diaryl/α,β-unsaturated/α-hetero) is 1. The van der Waals surface area contributed by atoms with E-state index in [0.717, 1.165) is 62.6 Å². The van der Waals surface area contributed by atoms with Gasteiger partial charge in [0, 0.05) is 30.7 Å². The predicted molar refractivity (Wildman–Crippen MR) is 163 cm³/mol. The molecule has 1 fully saturated rings. The number of ketones is 1. The largest absolute Gasteiger partial charge is 0.396 e. The van der Waals surface area contributed by atoms with E-state index in [1.807, 2.05) is 19.3 Å². The van der Waals surface area contributed by atoms with Gasteiger partial charge in [-0.15, -0.1) is 0 Å². The Morgan fingerprint density at radius 2 is 1.62 bits per heavy atom. The van der Waals surface area contributed by atoms with Crippen LogP contribution in [0.1, 0.15) is 121 Å². The first-order valence-corrected chi connectivity index (χ1v) is 15.7. The fraction of sp³-hybridized carbons (Fsp3) is 0.629. The Hall–Kier alpha value is -2.49. The summed E-state index contributed by atoms with van der Waals surface area (Å²) in [7, 11) is 0. The summed E-state index contributed by atoms with van der Waals surface area (Å²) in [5, 5.41) is 4.53. The van der Waals surface area contributed by atoms with Crippen LogP contribution in [0.5, 0.6) is 0 Å². The lowest BCUT2D eigenvalue weighted by Gasteiger charge is -2.29. The number of oxime groups is 1. The number of hydrogen-bond donors (Lipinski definition) is 0. The Labute approximate surface area is 238 Å². The Balaban J connectivity index is 1.51. The molecule has 1 heterocycles. The first-order chi connectivity index (χ1) is 19.0. The summed E-state index contributed by atoms with van der Waals surface area (Å²) >= 11 is 0. The van der Waals surface area contributed by atoms with Crippen molar-refractivity contribution in [3.8, 4) is 0 Å². The van der Waals surface area contributed by atoms with Crippen molar-refractivity contribution in [2.24, 2.45) is 28.8 Å². The molecule has 3 rings (SSSR count). The molecule has 4 heteroatoms. The van der Waals surface area contributed by atoms with E-state index in [9.17, 15) is 4.79 Å². The lowest BCUT2D eigenvalue weighted by Crippen LogP contribution is -2.27. The molecule has 1 aromatic carbocycles. The third kappa shape index (κ3) is 9.58. The third-order valence-electron chi connectivity index (χ3n) is 8.78. The van der Waals surface area contributed by atoms with E-state index in [1.54, 1.807) is 0 Å². The number of rotatable bonds is 16. The van der Waals surface area contributed by atoms with E-state index in [1.165, 1.54) is 30.4 Å². The molecule has 2 unspecified atom stereocenters. The van der Waals surface area contributed by atoms with Crippen LogP contribution in [0.25, 0.3) is 0 Å². The number of benzene rings is 1. The van der Waals surface area contributed by atoms with E-state index < -0.39 is 0 Å². The van der Waals surface area contributed by atoms with Gasteiger partial charge < -0.3 is 4.84 Å². The number of carbonyl (C=O) groups excluding carboxylic acids is 1. The topological polar surface area (TPSA) is 51.5 Å². The van der Waals surface area contributed by atoms with E-state index >= 15 is 0 Å². The van der Waals surface area contributed by atoms with Crippen LogP contribution in [0.4, 0.5) is 0 Å². The van der Waals surface area contributed by atoms with E-state index in [0.29, 0.717) is 36.1 Å². The summed E-state index contributed by atoms with van der Waals surface area (Å²) in [6.07, 6.45) is 15.4. The zero-order valence-electron chi connectivity index (χ0n) is 25.2. The predicted octanol–water partition coefficient (Wildman–Crippen LogP) is 9.18. The fourth-order valence-corrected chi connectivity index (χ4v) is 6.42. The van der Waals surface area contributed by atoms with Gasteiger partial charge in [-0.25, -0.2) is 0 Å². The number of hydrogen-bond acceptors (Lipinski definition) is 4. The van der Waals surface area contributed by atoms with Crippen molar-refractivity contribution in [2.75, 3.05) is 6.61 Å². The molecule has 0 bridgehead atoms. The van der Waals surface area contributed by atoms with Gasteiger partial charge >= 0.3 is 0 Å². The summed E-state index contributed by atoms with van der Waals surface area (Å²) in [6, 6.07) is 13.1. The second kappa shape index (κ2) is 16.6. The maximum Gasteiger partial charge on any atom is 0.135 e. The van der Waals surface area contributed by atoms with Crippen molar-refractivity contribution >= 4 is 11.5 Å². The van der Waals surface area contributed by atoms with Crippen molar-refractivity contribution < 1.29 is 9.63 Å². The molecule has 214 valence electrons. The quantitative estimate of drug-likeness (QED) is 0.160. The second-order valence-corrected chi connectivity index (χ2v) is 11.9. The van der Waals surface area contributed by atoms with Gasteiger partial charge in [-0.3, -0.25) is 9.78 Å². The van der Waals surface area contributed by atoms with Crippen molar-refractivity contribution in [1.29, 1.82) is 0 Å². The number of aromatic nitrogens is 1. The van der Waals surface area contributed by atoms with Crippen molar-refractivity contribution in [3.05, 3.63) is 65.5 Å². The maximum absolute atomic E-state index is 13.2. The number of pyridine rings is 1. The average Bonchev–Trinajstić information content (AvgIpc) is 2.97. The van der Waals surface area contributed by atoms with Gasteiger partial charge in [-0.2, -0.15) is 0 Å². The molecule has 0 saturated heterocycles. The number of aryl methyl sites for hydroxylation is 1. The number of nitrogens with zero attached hydrogens (tertiary/aromatic N) is 2. The molecule has 0 radical (unpaired) electrons. The molecule has 1 saturated carbocycles. The van der Waals surface area contributed by atoms with Crippen LogP contribution >= 0.6 is 0 Å². The summed E-state index contributed by atoms with van der Waals surface area (Å²) < 4.78 is 0. The average molecular weight is 533 g/mol. The first kappa shape index (κ1) is 31.0. The minimum Gasteiger partial charge on any atom is -0.396 e. The van der Waals surface area contributed by atoms with Gasteiger partial charge in [-0.05, 0) is 98.4 Å². The molecular formula is C35H52N2O2. The SMILES string of the molecule is CCCC(CCCC(=O)C1CCC(C(=NOCC)c2ccc(CC)cc2)CC1)CC(c1ccncc1)C(C)C. The van der Waals surface area contributed by atoms with Crippen molar-refractivity contribution in [3.63, 3.8) is 0 Å². The first-order valence-electron chi connectivity index (χ1n) is 15.7. The summed E-state index contributed by atoms with van der Waals surface area (Å²) in [5.74, 6) is 2.89. The zero-order chi connectivity index (χ0) is 28.0. The highest BCUT2D eigenvalue weighted by atomic mass is 16.6. The lowest BCUT2D eigenvalue weighted by atomic mass is 9.75. The van der Waals surface area contributed by atoms with Crippen LogP contribution in [-0.4, -0.2) is 23.1 Å². The van der Waals surface area contributed by atoms with Crippen LogP contribution < -0.4 is 0 Å². The Morgan fingerprint density at radius 3 is 2.21 bits per heavy atom. The van der Waals surface area contributed by atoms with Gasteiger partial charge in [0.25, 0.3) is 0 Å². The summed E-state index contributed by atoms with van der Waals surface area (Å²) in [4.78, 5) is 22.9. The zero-order valence-corrected chi connectivity index (χ0v) is 25.2. The monoisotopic (exact) mass is 532 g/mol. The molecule has 2 aromatic rings. The highest BCUT2D eigenvalue weighted by Gasteiger charge is 2.30. The molecule has 1 aliphatic carbocycles. The van der Waals surface area contributed by atoms with E-state index in [2.05, 4.69) is 74.2 Å². The second-order valence-electron chi connectivity index (χ2n) is 11.9. The van der Waals surface area contributed by atoms with Gasteiger partial charge in [0.15, 0.2) is 0 Å². The third-order valence-corrected chi connectivity index (χ3v) is 8.78. The summed E-state index contributed by atoms with van der Waals surface area (Å²) in [5.41, 5.74) is 4.95. The minimum atomic E-state index is 0.210. The molecule has 1 aliphatic rings. The van der Waals surface area contributed by atoms with Crippen molar-refractivity contribution in [1.82, 2.24) is 4.98 Å². The van der Waals surface area contributed by atoms with Gasteiger partial charge in [-0.1, -0.05) is 76.4 Å². The molecule has 0 spiro atoms. The molecule has 1 aromatic heterocycles. The van der Waals surface area contributed by atoms with Crippen molar-refractivity contribution in [2.45, 2.75) is 111 Å². The van der Waals surface area contributed by atoms with Gasteiger partial charge in [0.05, 0.1) is 5.71 Å². The normalized spacial score (nSPS) is 19.6. The number of carbonyl (C=O) groups is 1. The standard InChI is InChI=1S/C35H52N2O2/c1-6-10-28(25-33(26(4)5)29-21-23-36-24-22-29)11-9-12-34(38)30-17-19-32(20-18-30)35(37-39-8-3)31-15-13-27(7-2)14-16-31/h13-16,21-24,26,28,30,32-33H,6-12,17-20,25H2,1-5H3. The highest BCUT2D eigenvalue weighted by molar-refractivity contribution is 6.02. The van der Waals surface area contributed by atoms with E-state index in [-0.39, 0.29) is 5.92 Å². The van der Waals surface area contributed by atoms with Crippen LogP contribution in [0, 0.1) is 23.7 Å². The molecule has 2 atom stereocenters. The Morgan fingerprint density at radius 1 is 0.949 bits per heavy atom. The van der Waals surface area contributed by atoms with Crippen LogP contribution in [0.2, 0.25) is 0 Å². The van der Waals surface area contributed by atoms with Crippen LogP contribution in [-0.2, 0) is 16.1 Å². The van der Waals surface area contributed by atoms with Gasteiger partial charge in [0.1, 0.15) is 12.4 Å². The molecule has 4 nitrogen and oxygen atoms in total. The molecule has 0 amide bonds. The highest BCUT2D eigenvalue weighted by Crippen LogP contribution is 2.36. The Bertz CT molecular complexity index is 991. The molecular weight excluding hydrogens is 480 g/mol. The molecule has 39 heavy (non-hydrogen) atoms. The Kier molecular flexibility index (Phi) is 13.2. The molecule has 0 N–H and O–H groups in total. The van der Waals surface area contributed by atoms with Crippen LogP contribution in [0.3, 0.4) is 0 Å². The molecule has 0 aliphatic heterocycles. The van der Waals surface area contributed by atoms with Crippen LogP contribution in [0.15, 0.2) is 53.9 Å². The summed E-state index contributed by atoms with van der Waals surface area (Å²) in [6.45, 7) is 11.7. The smallest absolute Gasteiger partial charge is 0.135 e. The minimum absolute atomic E-state index is 0.210. The lowest BCUT2D eigenvalue weighted by molar-refractivity contribution is -0.124. The van der Waals surface area contributed by atoms with E-state index in [4.69, 9.17) is 4.84 Å². The maximum atomic E-state index is 13.2. The van der Waals surface area contributed by atoms with Gasteiger partial charge in [0.2, 0.25) is 0 Å². The fourth-order valence-electron chi connectivity index (χ4n) is 6.42.